The number of nitrogens with zero attached hydrogens (tertiary/aromatic N) is 3. The minimum Gasteiger partial charge on any atom is -0.496 e. The molecule has 0 bridgehead atoms. The summed E-state index contributed by atoms with van der Waals surface area (Å²) in [5.74, 6) is 1.69. The van der Waals surface area contributed by atoms with Crippen molar-refractivity contribution in [3.63, 3.8) is 0 Å². The summed E-state index contributed by atoms with van der Waals surface area (Å²) in [4.78, 5) is 8.51. The monoisotopic (exact) mass is 282 g/mol. The second-order valence-electron chi connectivity index (χ2n) is 4.58. The molecule has 0 saturated heterocycles. The Bertz CT molecular complexity index is 766. The number of aromatic nitrogens is 3. The van der Waals surface area contributed by atoms with Crippen molar-refractivity contribution < 1.29 is 9.26 Å². The van der Waals surface area contributed by atoms with Crippen molar-refractivity contribution in [1.29, 1.82) is 0 Å². The second kappa shape index (κ2) is 5.24. The zero-order valence-electron chi connectivity index (χ0n) is 11.7. The van der Waals surface area contributed by atoms with Crippen molar-refractivity contribution in [2.45, 2.75) is 6.92 Å². The number of benzene rings is 1. The third-order valence-electron chi connectivity index (χ3n) is 3.08. The normalized spacial score (nSPS) is 10.6. The fourth-order valence-corrected chi connectivity index (χ4v) is 1.99. The number of nitrogen functional groups attached to an aromatic ring is 1. The smallest absolute Gasteiger partial charge is 0.276 e. The van der Waals surface area contributed by atoms with Crippen LogP contribution >= 0.6 is 0 Å². The lowest BCUT2D eigenvalue weighted by atomic mass is 10.1. The van der Waals surface area contributed by atoms with Gasteiger partial charge in [0.05, 0.1) is 19.0 Å². The first-order valence-electron chi connectivity index (χ1n) is 6.38. The number of nitrogens with two attached hydrogens (primary N) is 1. The van der Waals surface area contributed by atoms with Crippen LogP contribution in [-0.2, 0) is 0 Å². The number of hydrogen-bond donors (Lipinski definition) is 1. The van der Waals surface area contributed by atoms with Gasteiger partial charge in [0, 0.05) is 5.56 Å². The lowest BCUT2D eigenvalue weighted by molar-refractivity contribution is 0.411. The van der Waals surface area contributed by atoms with E-state index >= 15 is 0 Å². The van der Waals surface area contributed by atoms with E-state index in [-0.39, 0.29) is 0 Å². The van der Waals surface area contributed by atoms with Gasteiger partial charge in [0.25, 0.3) is 5.89 Å². The van der Waals surface area contributed by atoms with Gasteiger partial charge in [-0.1, -0.05) is 5.16 Å². The average Bonchev–Trinajstić information content (AvgIpc) is 2.98. The highest BCUT2D eigenvalue weighted by Crippen LogP contribution is 2.26. The first-order chi connectivity index (χ1) is 10.2. The molecule has 6 nitrogen and oxygen atoms in total. The predicted molar refractivity (Wildman–Crippen MR) is 78.7 cm³/mol. The third kappa shape index (κ3) is 2.55. The zero-order chi connectivity index (χ0) is 14.8. The maximum atomic E-state index is 5.60. The van der Waals surface area contributed by atoms with E-state index < -0.39 is 0 Å². The van der Waals surface area contributed by atoms with E-state index in [0.29, 0.717) is 23.1 Å². The number of methoxy groups -OCH3 is 1. The molecule has 0 saturated carbocycles. The van der Waals surface area contributed by atoms with E-state index in [4.69, 9.17) is 15.0 Å². The van der Waals surface area contributed by atoms with Crippen LogP contribution in [0.4, 0.5) is 5.69 Å². The van der Waals surface area contributed by atoms with Crippen molar-refractivity contribution in [2.75, 3.05) is 12.8 Å². The molecule has 2 aromatic heterocycles. The first-order valence-corrected chi connectivity index (χ1v) is 6.38. The number of rotatable bonds is 3. The van der Waals surface area contributed by atoms with E-state index in [1.54, 1.807) is 25.4 Å². The summed E-state index contributed by atoms with van der Waals surface area (Å²) in [6, 6.07) is 9.19. The predicted octanol–water partition coefficient (Wildman–Crippen LogP) is 2.70. The zero-order valence-corrected chi connectivity index (χ0v) is 11.7. The van der Waals surface area contributed by atoms with Crippen LogP contribution in [0.15, 0.2) is 41.1 Å². The van der Waals surface area contributed by atoms with E-state index in [2.05, 4.69) is 15.1 Å². The summed E-state index contributed by atoms with van der Waals surface area (Å²) in [7, 11) is 1.64. The molecule has 1 aromatic carbocycles. The quantitative estimate of drug-likeness (QED) is 0.794. The summed E-state index contributed by atoms with van der Waals surface area (Å²) in [6.07, 6.45) is 1.55. The van der Waals surface area contributed by atoms with Crippen LogP contribution in [0, 0.1) is 6.92 Å². The fourth-order valence-electron chi connectivity index (χ4n) is 1.99. The van der Waals surface area contributed by atoms with Crippen LogP contribution in [-0.4, -0.2) is 22.2 Å². The summed E-state index contributed by atoms with van der Waals surface area (Å²) in [5.41, 5.74) is 8.65. The Balaban J connectivity index is 1.94. The molecule has 0 aliphatic heterocycles. The van der Waals surface area contributed by atoms with Gasteiger partial charge in [0.15, 0.2) is 0 Å². The van der Waals surface area contributed by atoms with Gasteiger partial charge in [0.1, 0.15) is 11.4 Å². The largest absolute Gasteiger partial charge is 0.496 e. The first kappa shape index (κ1) is 13.1. The van der Waals surface area contributed by atoms with Crippen molar-refractivity contribution >= 4 is 5.69 Å². The highest BCUT2D eigenvalue weighted by atomic mass is 16.5. The molecule has 3 rings (SSSR count). The Morgan fingerprint density at radius 3 is 2.71 bits per heavy atom. The number of hydrogen-bond acceptors (Lipinski definition) is 6. The van der Waals surface area contributed by atoms with Crippen molar-refractivity contribution in [3.05, 3.63) is 42.1 Å². The van der Waals surface area contributed by atoms with E-state index in [1.807, 2.05) is 25.1 Å². The highest BCUT2D eigenvalue weighted by molar-refractivity contribution is 5.61. The van der Waals surface area contributed by atoms with Gasteiger partial charge < -0.3 is 15.0 Å². The molecule has 2 heterocycles. The molecular weight excluding hydrogens is 268 g/mol. The molecule has 106 valence electrons. The minimum atomic E-state index is 0.360. The lowest BCUT2D eigenvalue weighted by Crippen LogP contribution is -1.89. The van der Waals surface area contributed by atoms with Crippen molar-refractivity contribution in [2.24, 2.45) is 0 Å². The molecule has 0 aliphatic carbocycles. The SMILES string of the molecule is COc1ccc(-c2noc(-c3ccc(N)cn3)n2)cc1C. The topological polar surface area (TPSA) is 87.1 Å². The van der Waals surface area contributed by atoms with Crippen LogP contribution in [0.25, 0.3) is 23.0 Å². The average molecular weight is 282 g/mol. The van der Waals surface area contributed by atoms with Crippen molar-refractivity contribution in [1.82, 2.24) is 15.1 Å². The molecule has 0 fully saturated rings. The van der Waals surface area contributed by atoms with Gasteiger partial charge in [0.2, 0.25) is 5.82 Å². The molecule has 0 aliphatic rings. The van der Waals surface area contributed by atoms with Crippen LogP contribution in [0.1, 0.15) is 5.56 Å². The van der Waals surface area contributed by atoms with Gasteiger partial charge in [-0.3, -0.25) is 0 Å². The van der Waals surface area contributed by atoms with Gasteiger partial charge >= 0.3 is 0 Å². The lowest BCUT2D eigenvalue weighted by Gasteiger charge is -2.04. The highest BCUT2D eigenvalue weighted by Gasteiger charge is 2.12. The van der Waals surface area contributed by atoms with E-state index in [1.165, 1.54) is 0 Å². The molecule has 2 N–H and O–H groups in total. The molecule has 0 radical (unpaired) electrons. The van der Waals surface area contributed by atoms with Gasteiger partial charge in [-0.2, -0.15) is 4.98 Å². The van der Waals surface area contributed by atoms with Crippen LogP contribution in [0.2, 0.25) is 0 Å². The molecular formula is C15H14N4O2. The van der Waals surface area contributed by atoms with Gasteiger partial charge in [-0.05, 0) is 42.8 Å². The maximum Gasteiger partial charge on any atom is 0.276 e. The van der Waals surface area contributed by atoms with Crippen LogP contribution in [0.5, 0.6) is 5.75 Å². The second-order valence-corrected chi connectivity index (χ2v) is 4.58. The summed E-state index contributed by atoms with van der Waals surface area (Å²) < 4.78 is 10.5. The number of pyridine rings is 1. The summed E-state index contributed by atoms with van der Waals surface area (Å²) in [6.45, 7) is 1.96. The number of anilines is 1. The Morgan fingerprint density at radius 2 is 2.05 bits per heavy atom. The van der Waals surface area contributed by atoms with E-state index in [0.717, 1.165) is 16.9 Å². The minimum absolute atomic E-state index is 0.360. The summed E-state index contributed by atoms with van der Waals surface area (Å²) in [5, 5.41) is 3.98. The Kier molecular flexibility index (Phi) is 3.27. The van der Waals surface area contributed by atoms with Crippen molar-refractivity contribution in [3.8, 4) is 28.7 Å². The number of ether oxygens (including phenoxy) is 1. The number of aryl methyl sites for hydroxylation is 1. The van der Waals surface area contributed by atoms with Crippen LogP contribution < -0.4 is 10.5 Å². The maximum absolute atomic E-state index is 5.60. The molecule has 21 heavy (non-hydrogen) atoms. The van der Waals surface area contributed by atoms with E-state index in [9.17, 15) is 0 Å². The fraction of sp³-hybridized carbons (Fsp3) is 0.133. The molecule has 0 atom stereocenters. The third-order valence-corrected chi connectivity index (χ3v) is 3.08. The molecule has 0 spiro atoms. The molecule has 0 amide bonds. The molecule has 0 unspecified atom stereocenters. The Labute approximate surface area is 121 Å². The standard InChI is InChI=1S/C15H14N4O2/c1-9-7-10(3-6-13(9)20-2)14-18-15(21-19-14)12-5-4-11(16)8-17-12/h3-8H,16H2,1-2H3. The molecule has 3 aromatic rings. The Hall–Kier alpha value is -2.89. The summed E-state index contributed by atoms with van der Waals surface area (Å²) >= 11 is 0. The van der Waals surface area contributed by atoms with Crippen LogP contribution in [0.3, 0.4) is 0 Å². The van der Waals surface area contributed by atoms with Gasteiger partial charge in [-0.25, -0.2) is 4.98 Å². The van der Waals surface area contributed by atoms with Gasteiger partial charge in [-0.15, -0.1) is 0 Å². The molecule has 6 heteroatoms. The Morgan fingerprint density at radius 1 is 1.19 bits per heavy atom.